The maximum atomic E-state index is 10.0. The van der Waals surface area contributed by atoms with Gasteiger partial charge in [-0.15, -0.1) is 0 Å². The molecule has 4 heteroatoms. The van der Waals surface area contributed by atoms with Crippen LogP contribution >= 0.6 is 0 Å². The van der Waals surface area contributed by atoms with Crippen molar-refractivity contribution in [2.75, 3.05) is 0 Å². The molecule has 0 aliphatic heterocycles. The Hall–Kier alpha value is -5.66. The largest absolute Gasteiger partial charge is 0.309 e. The highest BCUT2D eigenvalue weighted by Crippen LogP contribution is 2.41. The van der Waals surface area contributed by atoms with Crippen molar-refractivity contribution in [1.29, 1.82) is 5.26 Å². The van der Waals surface area contributed by atoms with Gasteiger partial charge in [0.1, 0.15) is 0 Å². The Morgan fingerprint density at radius 3 is 1.34 bits per heavy atom. The summed E-state index contributed by atoms with van der Waals surface area (Å²) in [6, 6.07) is 37.1. The molecular weight excluding hydrogens is 573 g/mol. The number of nitriles is 1. The van der Waals surface area contributed by atoms with Crippen molar-refractivity contribution in [2.45, 2.75) is 48.0 Å². The highest BCUT2D eigenvalue weighted by Gasteiger charge is 2.21. The van der Waals surface area contributed by atoms with Crippen molar-refractivity contribution in [3.63, 3.8) is 0 Å². The lowest BCUT2D eigenvalue weighted by Crippen LogP contribution is -2.02. The zero-order valence-corrected chi connectivity index (χ0v) is 27.9. The smallest absolute Gasteiger partial charge is 0.0991 e. The van der Waals surface area contributed by atoms with Crippen molar-refractivity contribution >= 4 is 43.6 Å². The molecule has 0 atom stereocenters. The number of nitrogens with zero attached hydrogens (tertiary/aromatic N) is 4. The second-order valence-corrected chi connectivity index (χ2v) is 12.7. The van der Waals surface area contributed by atoms with Crippen molar-refractivity contribution in [1.82, 2.24) is 14.1 Å². The molecule has 3 heterocycles. The van der Waals surface area contributed by atoms with Crippen LogP contribution in [0, 0.1) is 39.0 Å². The van der Waals surface area contributed by atoms with E-state index in [1.165, 1.54) is 50.2 Å². The summed E-state index contributed by atoms with van der Waals surface area (Å²) in [6.45, 7) is 12.8. The molecule has 3 aromatic heterocycles. The Balaban J connectivity index is 0.00000113. The van der Waals surface area contributed by atoms with Crippen LogP contribution in [0.1, 0.15) is 48.1 Å². The number of hydrogen-bond donors (Lipinski definition) is 0. The number of fused-ring (bicyclic) bond motifs is 6. The molecule has 0 radical (unpaired) electrons. The standard InChI is InChI=1S/C40H30N4.C3H8/c1-24-5-10-35-29(17-24)30-18-25(2)6-11-36(30)43(35)39-14-9-28(22-41)21-33(39)34-23-42-16-15-40(34)44-37-12-7-26(3)19-31(37)32-20-27(4)8-13-38(32)44;1-3-2/h5-21,23H,1-4H3;3H2,1-2H3. The maximum absolute atomic E-state index is 10.0. The Morgan fingerprint density at radius 1 is 0.532 bits per heavy atom. The molecule has 0 bridgehead atoms. The zero-order valence-electron chi connectivity index (χ0n) is 27.9. The Labute approximate surface area is 276 Å². The summed E-state index contributed by atoms with van der Waals surface area (Å²) in [7, 11) is 0. The molecule has 230 valence electrons. The molecule has 5 aromatic carbocycles. The Morgan fingerprint density at radius 2 is 0.936 bits per heavy atom. The van der Waals surface area contributed by atoms with Gasteiger partial charge in [-0.3, -0.25) is 4.98 Å². The van der Waals surface area contributed by atoms with Gasteiger partial charge in [-0.05, 0) is 100 Å². The molecule has 8 rings (SSSR count). The van der Waals surface area contributed by atoms with E-state index in [1.54, 1.807) is 0 Å². The van der Waals surface area contributed by atoms with Crippen LogP contribution in [0.4, 0.5) is 0 Å². The molecule has 0 N–H and O–H groups in total. The van der Waals surface area contributed by atoms with Crippen LogP contribution in [0.15, 0.2) is 109 Å². The Bertz CT molecular complexity index is 2400. The van der Waals surface area contributed by atoms with E-state index >= 15 is 0 Å². The van der Waals surface area contributed by atoms with E-state index in [1.807, 2.05) is 24.5 Å². The van der Waals surface area contributed by atoms with Gasteiger partial charge < -0.3 is 9.13 Å². The van der Waals surface area contributed by atoms with E-state index < -0.39 is 0 Å². The normalized spacial score (nSPS) is 11.3. The number of hydrogen-bond acceptors (Lipinski definition) is 2. The molecular formula is C43H38N4. The first-order chi connectivity index (χ1) is 22.8. The van der Waals surface area contributed by atoms with Crippen molar-refractivity contribution in [2.24, 2.45) is 0 Å². The molecule has 0 spiro atoms. The molecule has 0 fully saturated rings. The van der Waals surface area contributed by atoms with Crippen LogP contribution < -0.4 is 0 Å². The monoisotopic (exact) mass is 610 g/mol. The van der Waals surface area contributed by atoms with Gasteiger partial charge in [-0.25, -0.2) is 0 Å². The van der Waals surface area contributed by atoms with Gasteiger partial charge in [0.25, 0.3) is 0 Å². The second-order valence-electron chi connectivity index (χ2n) is 12.7. The summed E-state index contributed by atoms with van der Waals surface area (Å²) in [5.74, 6) is 0. The van der Waals surface area contributed by atoms with Crippen LogP contribution in [0.25, 0.3) is 66.1 Å². The van der Waals surface area contributed by atoms with Crippen LogP contribution in [0.3, 0.4) is 0 Å². The number of rotatable bonds is 3. The van der Waals surface area contributed by atoms with E-state index in [9.17, 15) is 5.26 Å². The van der Waals surface area contributed by atoms with Gasteiger partial charge in [0, 0.05) is 45.1 Å². The maximum Gasteiger partial charge on any atom is 0.0991 e. The van der Waals surface area contributed by atoms with Crippen LogP contribution in [-0.4, -0.2) is 14.1 Å². The first-order valence-corrected chi connectivity index (χ1v) is 16.3. The van der Waals surface area contributed by atoms with Gasteiger partial charge in [0.15, 0.2) is 0 Å². The third kappa shape index (κ3) is 5.05. The Kier molecular flexibility index (Phi) is 7.62. The van der Waals surface area contributed by atoms with E-state index in [2.05, 4.69) is 147 Å². The SMILES string of the molecule is CCC.Cc1ccc2c(c1)c1cc(C)ccc1n2-c1ccncc1-c1cc(C#N)ccc1-n1c2ccc(C)cc2c2cc(C)ccc21. The number of benzene rings is 5. The lowest BCUT2D eigenvalue weighted by atomic mass is 10.00. The number of aromatic nitrogens is 3. The van der Waals surface area contributed by atoms with Gasteiger partial charge in [0.2, 0.25) is 0 Å². The molecule has 4 nitrogen and oxygen atoms in total. The van der Waals surface area contributed by atoms with E-state index in [-0.39, 0.29) is 0 Å². The van der Waals surface area contributed by atoms with Crippen molar-refractivity contribution in [3.05, 3.63) is 137 Å². The van der Waals surface area contributed by atoms with Gasteiger partial charge in [-0.2, -0.15) is 5.26 Å². The molecule has 0 amide bonds. The lowest BCUT2D eigenvalue weighted by molar-refractivity contribution is 1.09. The summed E-state index contributed by atoms with van der Waals surface area (Å²) in [4.78, 5) is 4.64. The fourth-order valence-corrected chi connectivity index (χ4v) is 6.83. The predicted molar refractivity (Wildman–Crippen MR) is 198 cm³/mol. The molecule has 0 aliphatic rings. The number of aryl methyl sites for hydroxylation is 4. The van der Waals surface area contributed by atoms with E-state index in [0.717, 1.165) is 44.6 Å². The van der Waals surface area contributed by atoms with Crippen LogP contribution in [0.5, 0.6) is 0 Å². The minimum Gasteiger partial charge on any atom is -0.309 e. The third-order valence-corrected chi connectivity index (χ3v) is 8.85. The summed E-state index contributed by atoms with van der Waals surface area (Å²) < 4.78 is 4.69. The van der Waals surface area contributed by atoms with Gasteiger partial charge in [0.05, 0.1) is 45.1 Å². The second kappa shape index (κ2) is 11.9. The van der Waals surface area contributed by atoms with Crippen molar-refractivity contribution < 1.29 is 0 Å². The fourth-order valence-electron chi connectivity index (χ4n) is 6.83. The summed E-state index contributed by atoms with van der Waals surface area (Å²) in [6.07, 6.45) is 5.05. The highest BCUT2D eigenvalue weighted by molar-refractivity contribution is 6.12. The fraction of sp³-hybridized carbons (Fsp3) is 0.163. The molecule has 0 aliphatic carbocycles. The average Bonchev–Trinajstić information content (AvgIpc) is 3.55. The lowest BCUT2D eigenvalue weighted by Gasteiger charge is -2.18. The minimum atomic E-state index is 0.611. The molecule has 0 unspecified atom stereocenters. The predicted octanol–water partition coefficient (Wildman–Crippen LogP) is 11.5. The van der Waals surface area contributed by atoms with Gasteiger partial charge in [-0.1, -0.05) is 66.8 Å². The first-order valence-electron chi connectivity index (χ1n) is 16.3. The zero-order chi connectivity index (χ0) is 32.8. The summed E-state index contributed by atoms with van der Waals surface area (Å²) >= 11 is 0. The molecule has 0 saturated carbocycles. The molecule has 8 aromatic rings. The summed E-state index contributed by atoms with van der Waals surface area (Å²) in [5, 5.41) is 14.9. The minimum absolute atomic E-state index is 0.611. The van der Waals surface area contributed by atoms with Crippen molar-refractivity contribution in [3.8, 4) is 28.6 Å². The third-order valence-electron chi connectivity index (χ3n) is 8.85. The van der Waals surface area contributed by atoms with E-state index in [0.29, 0.717) is 5.56 Å². The highest BCUT2D eigenvalue weighted by atomic mass is 15.0. The quantitative estimate of drug-likeness (QED) is 0.200. The topological polar surface area (TPSA) is 46.5 Å². The summed E-state index contributed by atoms with van der Waals surface area (Å²) in [5.41, 5.74) is 14.0. The first kappa shape index (κ1) is 30.0. The molecule has 47 heavy (non-hydrogen) atoms. The average molecular weight is 611 g/mol. The van der Waals surface area contributed by atoms with E-state index in [4.69, 9.17) is 0 Å². The van der Waals surface area contributed by atoms with Crippen LogP contribution in [0.2, 0.25) is 0 Å². The number of pyridine rings is 1. The molecule has 0 saturated heterocycles. The van der Waals surface area contributed by atoms with Gasteiger partial charge >= 0.3 is 0 Å². The van der Waals surface area contributed by atoms with Crippen LogP contribution in [-0.2, 0) is 0 Å².